The van der Waals surface area contributed by atoms with Crippen molar-refractivity contribution in [1.29, 1.82) is 0 Å². The maximum absolute atomic E-state index is 12.1. The molecular formula is C11H23N3O3S. The van der Waals surface area contributed by atoms with E-state index in [0.717, 1.165) is 13.0 Å². The van der Waals surface area contributed by atoms with E-state index >= 15 is 0 Å². The molecule has 1 fully saturated rings. The van der Waals surface area contributed by atoms with Crippen LogP contribution in [0.4, 0.5) is 0 Å². The van der Waals surface area contributed by atoms with Crippen molar-refractivity contribution in [1.82, 2.24) is 14.9 Å². The topological polar surface area (TPSA) is 78.5 Å². The van der Waals surface area contributed by atoms with E-state index in [-0.39, 0.29) is 12.0 Å². The van der Waals surface area contributed by atoms with Gasteiger partial charge in [0.25, 0.3) is 0 Å². The molecule has 106 valence electrons. The van der Waals surface area contributed by atoms with Crippen LogP contribution in [0.15, 0.2) is 0 Å². The molecule has 18 heavy (non-hydrogen) atoms. The number of sulfonamides is 1. The molecule has 7 heteroatoms. The number of hydrogen-bond acceptors (Lipinski definition) is 4. The van der Waals surface area contributed by atoms with Gasteiger partial charge in [0.1, 0.15) is 0 Å². The SMILES string of the molecule is CC1CCNCC1NS(=O)(=O)C(C)C(=O)N(C)C. The largest absolute Gasteiger partial charge is 0.348 e. The fraction of sp³-hybridized carbons (Fsp3) is 0.909. The maximum Gasteiger partial charge on any atom is 0.241 e. The third-order valence-electron chi connectivity index (χ3n) is 3.40. The molecule has 0 aromatic carbocycles. The van der Waals surface area contributed by atoms with E-state index in [2.05, 4.69) is 10.0 Å². The first-order valence-electron chi connectivity index (χ1n) is 6.18. The van der Waals surface area contributed by atoms with Gasteiger partial charge in [-0.3, -0.25) is 4.79 Å². The summed E-state index contributed by atoms with van der Waals surface area (Å²) in [5.41, 5.74) is 0. The zero-order chi connectivity index (χ0) is 13.9. The van der Waals surface area contributed by atoms with Crippen molar-refractivity contribution in [3.05, 3.63) is 0 Å². The van der Waals surface area contributed by atoms with Gasteiger partial charge in [-0.05, 0) is 25.8 Å². The first-order valence-corrected chi connectivity index (χ1v) is 7.73. The number of carbonyl (C=O) groups excluding carboxylic acids is 1. The molecule has 1 heterocycles. The van der Waals surface area contributed by atoms with E-state index < -0.39 is 21.2 Å². The smallest absolute Gasteiger partial charge is 0.241 e. The van der Waals surface area contributed by atoms with Crippen LogP contribution in [0.3, 0.4) is 0 Å². The maximum atomic E-state index is 12.1. The fourth-order valence-corrected chi connectivity index (χ4v) is 3.37. The molecule has 3 atom stereocenters. The zero-order valence-electron chi connectivity index (χ0n) is 11.4. The second-order valence-electron chi connectivity index (χ2n) is 5.11. The van der Waals surface area contributed by atoms with Crippen LogP contribution >= 0.6 is 0 Å². The molecule has 6 nitrogen and oxygen atoms in total. The van der Waals surface area contributed by atoms with Crippen molar-refractivity contribution in [2.75, 3.05) is 27.2 Å². The van der Waals surface area contributed by atoms with Crippen molar-refractivity contribution in [3.8, 4) is 0 Å². The summed E-state index contributed by atoms with van der Waals surface area (Å²) >= 11 is 0. The molecule has 2 N–H and O–H groups in total. The number of rotatable bonds is 4. The van der Waals surface area contributed by atoms with Crippen LogP contribution < -0.4 is 10.0 Å². The van der Waals surface area contributed by atoms with E-state index in [9.17, 15) is 13.2 Å². The molecule has 1 saturated heterocycles. The van der Waals surface area contributed by atoms with Crippen LogP contribution in [0.1, 0.15) is 20.3 Å². The minimum absolute atomic E-state index is 0.138. The van der Waals surface area contributed by atoms with Gasteiger partial charge in [-0.25, -0.2) is 13.1 Å². The third kappa shape index (κ3) is 3.66. The number of carbonyl (C=O) groups is 1. The highest BCUT2D eigenvalue weighted by atomic mass is 32.2. The van der Waals surface area contributed by atoms with Crippen molar-refractivity contribution < 1.29 is 13.2 Å². The Bertz CT molecular complexity index is 394. The van der Waals surface area contributed by atoms with Crippen LogP contribution in [0.25, 0.3) is 0 Å². The third-order valence-corrected chi connectivity index (χ3v) is 5.16. The van der Waals surface area contributed by atoms with Crippen LogP contribution in [0, 0.1) is 5.92 Å². The molecule has 0 aromatic heterocycles. The van der Waals surface area contributed by atoms with Gasteiger partial charge in [0.2, 0.25) is 15.9 Å². The molecule has 1 aliphatic rings. The van der Waals surface area contributed by atoms with Crippen molar-refractivity contribution in [3.63, 3.8) is 0 Å². The molecule has 1 amide bonds. The lowest BCUT2D eigenvalue weighted by atomic mass is 9.96. The Morgan fingerprint density at radius 1 is 1.44 bits per heavy atom. The highest BCUT2D eigenvalue weighted by Crippen LogP contribution is 2.14. The fourth-order valence-electron chi connectivity index (χ4n) is 1.96. The second-order valence-corrected chi connectivity index (χ2v) is 7.15. The Morgan fingerprint density at radius 3 is 2.56 bits per heavy atom. The Morgan fingerprint density at radius 2 is 2.06 bits per heavy atom. The molecule has 0 spiro atoms. The molecule has 0 aromatic rings. The summed E-state index contributed by atoms with van der Waals surface area (Å²) in [4.78, 5) is 13.0. The van der Waals surface area contributed by atoms with Crippen molar-refractivity contribution in [2.24, 2.45) is 5.92 Å². The Labute approximate surface area is 109 Å². The number of hydrogen-bond donors (Lipinski definition) is 2. The number of amides is 1. The first kappa shape index (κ1) is 15.4. The lowest BCUT2D eigenvalue weighted by molar-refractivity contribution is -0.127. The number of nitrogens with zero attached hydrogens (tertiary/aromatic N) is 1. The van der Waals surface area contributed by atoms with Crippen LogP contribution in [0.5, 0.6) is 0 Å². The second kappa shape index (κ2) is 5.99. The summed E-state index contributed by atoms with van der Waals surface area (Å²) in [5.74, 6) is -0.124. The minimum Gasteiger partial charge on any atom is -0.348 e. The van der Waals surface area contributed by atoms with Gasteiger partial charge < -0.3 is 10.2 Å². The van der Waals surface area contributed by atoms with Gasteiger partial charge in [-0.2, -0.15) is 0 Å². The van der Waals surface area contributed by atoms with Crippen LogP contribution in [0.2, 0.25) is 0 Å². The average molecular weight is 277 g/mol. The Hall–Kier alpha value is -0.660. The molecule has 0 saturated carbocycles. The summed E-state index contributed by atoms with van der Waals surface area (Å²) in [7, 11) is -0.509. The molecule has 0 bridgehead atoms. The van der Waals surface area contributed by atoms with Gasteiger partial charge in [0.05, 0.1) is 0 Å². The summed E-state index contributed by atoms with van der Waals surface area (Å²) in [5, 5.41) is 2.10. The lowest BCUT2D eigenvalue weighted by Gasteiger charge is -2.31. The van der Waals surface area contributed by atoms with E-state index in [1.807, 2.05) is 6.92 Å². The summed E-state index contributed by atoms with van der Waals surface area (Å²) in [6, 6.07) is -0.138. The van der Waals surface area contributed by atoms with E-state index in [4.69, 9.17) is 0 Å². The molecule has 0 radical (unpaired) electrons. The van der Waals surface area contributed by atoms with E-state index in [1.165, 1.54) is 11.8 Å². The molecule has 0 aliphatic carbocycles. The number of piperidine rings is 1. The van der Waals surface area contributed by atoms with Gasteiger partial charge in [-0.1, -0.05) is 6.92 Å². The van der Waals surface area contributed by atoms with Gasteiger partial charge in [0.15, 0.2) is 5.25 Å². The van der Waals surface area contributed by atoms with Crippen molar-refractivity contribution >= 4 is 15.9 Å². The molecule has 1 rings (SSSR count). The summed E-state index contributed by atoms with van der Waals surface area (Å²) in [6.07, 6.45) is 0.934. The molecule has 1 aliphatic heterocycles. The quantitative estimate of drug-likeness (QED) is 0.718. The summed E-state index contributed by atoms with van der Waals surface area (Å²) < 4.78 is 26.9. The van der Waals surface area contributed by atoms with Crippen LogP contribution in [-0.2, 0) is 14.8 Å². The Kier molecular flexibility index (Phi) is 5.12. The highest BCUT2D eigenvalue weighted by molar-refractivity contribution is 7.90. The predicted molar refractivity (Wildman–Crippen MR) is 70.7 cm³/mol. The highest BCUT2D eigenvalue weighted by Gasteiger charge is 2.33. The lowest BCUT2D eigenvalue weighted by Crippen LogP contribution is -2.53. The Balaban J connectivity index is 2.72. The standard InChI is InChI=1S/C11H23N3O3S/c1-8-5-6-12-7-10(8)13-18(16,17)9(2)11(15)14(3)4/h8-10,12-13H,5-7H2,1-4H3. The van der Waals surface area contributed by atoms with Gasteiger partial charge in [-0.15, -0.1) is 0 Å². The summed E-state index contributed by atoms with van der Waals surface area (Å²) in [6.45, 7) is 4.97. The average Bonchev–Trinajstić information content (AvgIpc) is 2.29. The zero-order valence-corrected chi connectivity index (χ0v) is 12.3. The number of nitrogens with one attached hydrogen (secondary N) is 2. The van der Waals surface area contributed by atoms with Crippen LogP contribution in [-0.4, -0.2) is 57.7 Å². The van der Waals surface area contributed by atoms with Gasteiger partial charge in [0, 0.05) is 26.7 Å². The molecule has 3 unspecified atom stereocenters. The van der Waals surface area contributed by atoms with Crippen molar-refractivity contribution in [2.45, 2.75) is 31.6 Å². The van der Waals surface area contributed by atoms with Gasteiger partial charge >= 0.3 is 0 Å². The van der Waals surface area contributed by atoms with E-state index in [0.29, 0.717) is 6.54 Å². The first-order chi connectivity index (χ1) is 8.25. The monoisotopic (exact) mass is 277 g/mol. The molecular weight excluding hydrogens is 254 g/mol. The normalized spacial score (nSPS) is 26.7. The predicted octanol–water partition coefficient (Wildman–Crippen LogP) is -0.619. The minimum atomic E-state index is -3.62. The van der Waals surface area contributed by atoms with E-state index in [1.54, 1.807) is 14.1 Å².